The van der Waals surface area contributed by atoms with Gasteiger partial charge in [-0.3, -0.25) is 10.1 Å². The smallest absolute Gasteiger partial charge is 0.0967 e. The van der Waals surface area contributed by atoms with Gasteiger partial charge in [-0.2, -0.15) is 5.10 Å². The molecule has 2 rings (SSSR count). The van der Waals surface area contributed by atoms with Crippen molar-refractivity contribution in [3.63, 3.8) is 0 Å². The van der Waals surface area contributed by atoms with Crippen molar-refractivity contribution in [3.05, 3.63) is 30.0 Å². The van der Waals surface area contributed by atoms with Crippen LogP contribution in [-0.4, -0.2) is 15.6 Å². The lowest BCUT2D eigenvalue weighted by Crippen LogP contribution is -2.13. The first-order chi connectivity index (χ1) is 7.22. The van der Waals surface area contributed by atoms with Crippen molar-refractivity contribution in [3.8, 4) is 0 Å². The van der Waals surface area contributed by atoms with Crippen LogP contribution >= 0.6 is 0 Å². The summed E-state index contributed by atoms with van der Waals surface area (Å²) in [6.45, 7) is 2.88. The molecule has 0 atom stereocenters. The molecule has 0 spiro atoms. The van der Waals surface area contributed by atoms with Gasteiger partial charge >= 0.3 is 0 Å². The van der Waals surface area contributed by atoms with Crippen LogP contribution in [0, 0.1) is 5.41 Å². The number of nitrogens with zero attached hydrogens (tertiary/aromatic N) is 2. The summed E-state index contributed by atoms with van der Waals surface area (Å²) in [5.41, 5.74) is 7.40. The molecule has 1 aromatic heterocycles. The highest BCUT2D eigenvalue weighted by Crippen LogP contribution is 2.18. The summed E-state index contributed by atoms with van der Waals surface area (Å²) < 4.78 is 1.94. The number of aromatic nitrogens is 2. The molecule has 0 aliphatic heterocycles. The van der Waals surface area contributed by atoms with Crippen molar-refractivity contribution in [1.82, 2.24) is 9.78 Å². The molecule has 1 heterocycles. The van der Waals surface area contributed by atoms with Gasteiger partial charge in [0.05, 0.1) is 17.0 Å². The van der Waals surface area contributed by atoms with Gasteiger partial charge < -0.3 is 5.73 Å². The lowest BCUT2D eigenvalue weighted by molar-refractivity contribution is 0.673. The lowest BCUT2D eigenvalue weighted by atomic mass is 10.1. The Morgan fingerprint density at radius 1 is 1.47 bits per heavy atom. The number of nitrogens with one attached hydrogen (secondary N) is 1. The van der Waals surface area contributed by atoms with E-state index >= 15 is 0 Å². The third kappa shape index (κ3) is 1.70. The Hall–Kier alpha value is -1.84. The van der Waals surface area contributed by atoms with Gasteiger partial charge in [0.25, 0.3) is 0 Å². The van der Waals surface area contributed by atoms with Crippen molar-refractivity contribution in [2.24, 2.45) is 5.73 Å². The van der Waals surface area contributed by atoms with Gasteiger partial charge in [0, 0.05) is 18.4 Å². The van der Waals surface area contributed by atoms with Crippen LogP contribution in [0.1, 0.15) is 12.6 Å². The highest BCUT2D eigenvalue weighted by Gasteiger charge is 2.09. The molecule has 4 heteroatoms. The molecule has 4 nitrogen and oxygen atoms in total. The van der Waals surface area contributed by atoms with Crippen molar-refractivity contribution in [2.45, 2.75) is 19.9 Å². The first-order valence-electron chi connectivity index (χ1n) is 4.99. The number of para-hydroxylation sites is 1. The Morgan fingerprint density at radius 3 is 2.87 bits per heavy atom. The van der Waals surface area contributed by atoms with Gasteiger partial charge in [-0.15, -0.1) is 0 Å². The number of amidine groups is 1. The van der Waals surface area contributed by atoms with E-state index in [0.717, 1.165) is 23.1 Å². The van der Waals surface area contributed by atoms with Crippen LogP contribution in [0.15, 0.2) is 24.3 Å². The fourth-order valence-electron chi connectivity index (χ4n) is 1.75. The Labute approximate surface area is 88.2 Å². The fourth-order valence-corrected chi connectivity index (χ4v) is 1.75. The normalized spacial score (nSPS) is 10.7. The average molecular weight is 202 g/mol. The second kappa shape index (κ2) is 3.73. The molecule has 2 aromatic rings. The van der Waals surface area contributed by atoms with Crippen molar-refractivity contribution in [1.29, 1.82) is 5.41 Å². The predicted octanol–water partition coefficient (Wildman–Crippen LogP) is 1.53. The van der Waals surface area contributed by atoms with Gasteiger partial charge in [-0.25, -0.2) is 0 Å². The molecule has 0 aliphatic rings. The molecule has 0 bridgehead atoms. The van der Waals surface area contributed by atoms with Gasteiger partial charge in [0.15, 0.2) is 0 Å². The average Bonchev–Trinajstić information content (AvgIpc) is 2.56. The van der Waals surface area contributed by atoms with E-state index < -0.39 is 0 Å². The van der Waals surface area contributed by atoms with E-state index in [1.165, 1.54) is 0 Å². The van der Waals surface area contributed by atoms with E-state index in [1.54, 1.807) is 0 Å². The van der Waals surface area contributed by atoms with Crippen LogP contribution in [0.25, 0.3) is 10.9 Å². The van der Waals surface area contributed by atoms with E-state index in [9.17, 15) is 0 Å². The number of hydrogen-bond acceptors (Lipinski definition) is 2. The number of aryl methyl sites for hydroxylation is 1. The third-order valence-corrected chi connectivity index (χ3v) is 2.39. The van der Waals surface area contributed by atoms with Crippen LogP contribution in [0.3, 0.4) is 0 Å². The molecule has 0 amide bonds. The topological polar surface area (TPSA) is 67.7 Å². The predicted molar refractivity (Wildman–Crippen MR) is 61.0 cm³/mol. The van der Waals surface area contributed by atoms with E-state index in [4.69, 9.17) is 11.1 Å². The second-order valence-corrected chi connectivity index (χ2v) is 3.48. The van der Waals surface area contributed by atoms with E-state index in [1.807, 2.05) is 28.9 Å². The molecule has 0 unspecified atom stereocenters. The van der Waals surface area contributed by atoms with Crippen molar-refractivity contribution >= 4 is 16.7 Å². The van der Waals surface area contributed by atoms with E-state index in [-0.39, 0.29) is 5.84 Å². The number of nitrogens with two attached hydrogens (primary N) is 1. The number of hydrogen-bond donors (Lipinski definition) is 2. The minimum absolute atomic E-state index is 0.154. The van der Waals surface area contributed by atoms with E-state index in [0.29, 0.717) is 6.42 Å². The van der Waals surface area contributed by atoms with Crippen LogP contribution in [0.2, 0.25) is 0 Å². The molecule has 0 fully saturated rings. The van der Waals surface area contributed by atoms with Gasteiger partial charge in [0.2, 0.25) is 0 Å². The Bertz CT molecular complexity index is 498. The summed E-state index contributed by atoms with van der Waals surface area (Å²) >= 11 is 0. The highest BCUT2D eigenvalue weighted by atomic mass is 15.3. The van der Waals surface area contributed by atoms with Crippen LogP contribution < -0.4 is 5.73 Å². The standard InChI is InChI=1S/C11H14N4/c1-2-15-10-6-4-3-5-8(10)9(14-15)7-11(12)13/h3-6H,2,7H2,1H3,(H3,12,13). The molecule has 0 aliphatic carbocycles. The van der Waals surface area contributed by atoms with Gasteiger partial charge in [0.1, 0.15) is 0 Å². The molecule has 15 heavy (non-hydrogen) atoms. The van der Waals surface area contributed by atoms with Gasteiger partial charge in [-0.1, -0.05) is 18.2 Å². The number of fused-ring (bicyclic) bond motifs is 1. The van der Waals surface area contributed by atoms with Crippen molar-refractivity contribution in [2.75, 3.05) is 0 Å². The van der Waals surface area contributed by atoms with Crippen LogP contribution in [0.5, 0.6) is 0 Å². The molecular formula is C11H14N4. The monoisotopic (exact) mass is 202 g/mol. The third-order valence-electron chi connectivity index (χ3n) is 2.39. The maximum atomic E-state index is 7.30. The molecule has 0 saturated heterocycles. The Balaban J connectivity index is 2.59. The quantitative estimate of drug-likeness (QED) is 0.585. The molecule has 0 radical (unpaired) electrons. The summed E-state index contributed by atoms with van der Waals surface area (Å²) in [4.78, 5) is 0. The second-order valence-electron chi connectivity index (χ2n) is 3.48. The number of rotatable bonds is 3. The summed E-state index contributed by atoms with van der Waals surface area (Å²) in [5.74, 6) is 0.154. The van der Waals surface area contributed by atoms with Crippen molar-refractivity contribution < 1.29 is 0 Å². The van der Waals surface area contributed by atoms with E-state index in [2.05, 4.69) is 12.0 Å². The maximum absolute atomic E-state index is 7.30. The summed E-state index contributed by atoms with van der Waals surface area (Å²) in [5, 5.41) is 12.8. The fraction of sp³-hybridized carbons (Fsp3) is 0.273. The first kappa shape index (κ1) is 9.71. The zero-order valence-corrected chi connectivity index (χ0v) is 8.70. The molecule has 0 saturated carbocycles. The van der Waals surface area contributed by atoms with Crippen LogP contribution in [0.4, 0.5) is 0 Å². The molecule has 78 valence electrons. The largest absolute Gasteiger partial charge is 0.387 e. The SMILES string of the molecule is CCn1nc(CC(=N)N)c2ccccc21. The summed E-state index contributed by atoms with van der Waals surface area (Å²) in [6.07, 6.45) is 0.424. The number of benzene rings is 1. The molecule has 1 aromatic carbocycles. The zero-order chi connectivity index (χ0) is 10.8. The Kier molecular flexibility index (Phi) is 2.41. The minimum Gasteiger partial charge on any atom is -0.387 e. The van der Waals surface area contributed by atoms with Gasteiger partial charge in [-0.05, 0) is 13.0 Å². The first-order valence-corrected chi connectivity index (χ1v) is 4.99. The highest BCUT2D eigenvalue weighted by molar-refractivity contribution is 5.88. The molecular weight excluding hydrogens is 188 g/mol. The Morgan fingerprint density at radius 2 is 2.20 bits per heavy atom. The van der Waals surface area contributed by atoms with Crippen LogP contribution in [-0.2, 0) is 13.0 Å². The summed E-state index contributed by atoms with van der Waals surface area (Å²) in [6, 6.07) is 8.03. The maximum Gasteiger partial charge on any atom is 0.0967 e. The zero-order valence-electron chi connectivity index (χ0n) is 8.70. The minimum atomic E-state index is 0.154. The molecule has 3 N–H and O–H groups in total. The lowest BCUT2D eigenvalue weighted by Gasteiger charge is -1.95. The summed E-state index contributed by atoms with van der Waals surface area (Å²) in [7, 11) is 0.